The molecule has 1 aliphatic heterocycles. The van der Waals surface area contributed by atoms with Crippen LogP contribution in [0.5, 0.6) is 11.5 Å². The van der Waals surface area contributed by atoms with E-state index in [1.807, 2.05) is 0 Å². The number of hydrogen-bond donors (Lipinski definition) is 1. The van der Waals surface area contributed by atoms with Gasteiger partial charge in [-0.2, -0.15) is 0 Å². The lowest BCUT2D eigenvalue weighted by atomic mass is 9.95. The molecule has 3 rings (SSSR count). The molecule has 1 heterocycles. The number of benzene rings is 2. The molecule has 1 aliphatic rings. The average molecular weight is 384 g/mol. The van der Waals surface area contributed by atoms with Crippen LogP contribution in [0, 0.1) is 5.82 Å². The zero-order valence-corrected chi connectivity index (χ0v) is 14.7. The summed E-state index contributed by atoms with van der Waals surface area (Å²) in [6.45, 7) is 2.86. The van der Waals surface area contributed by atoms with Crippen LogP contribution < -0.4 is 14.8 Å². The topological polar surface area (TPSA) is 33.7 Å². The number of alkyl halides is 3. The van der Waals surface area contributed by atoms with Gasteiger partial charge in [-0.15, -0.1) is 13.2 Å². The van der Waals surface area contributed by atoms with Crippen LogP contribution in [0.1, 0.15) is 17.2 Å². The Morgan fingerprint density at radius 3 is 2.22 bits per heavy atom. The van der Waals surface area contributed by atoms with Crippen molar-refractivity contribution in [1.29, 1.82) is 0 Å². The van der Waals surface area contributed by atoms with Gasteiger partial charge < -0.3 is 14.8 Å². The van der Waals surface area contributed by atoms with E-state index in [1.54, 1.807) is 6.07 Å². The van der Waals surface area contributed by atoms with Crippen molar-refractivity contribution in [2.75, 3.05) is 33.3 Å². The lowest BCUT2D eigenvalue weighted by molar-refractivity contribution is -0.274. The SMILES string of the molecule is COc1ccc(F)c([C@@H](c2ccc(OC(F)(F)F)cc2)N2CCNCC2)c1. The molecule has 0 radical (unpaired) electrons. The summed E-state index contributed by atoms with van der Waals surface area (Å²) in [5, 5.41) is 3.24. The van der Waals surface area contributed by atoms with Gasteiger partial charge >= 0.3 is 6.36 Å². The van der Waals surface area contributed by atoms with Gasteiger partial charge in [0.05, 0.1) is 13.2 Å². The molecule has 2 aromatic rings. The molecule has 1 atom stereocenters. The predicted octanol–water partition coefficient (Wildman–Crippen LogP) is 3.73. The van der Waals surface area contributed by atoms with Crippen molar-refractivity contribution < 1.29 is 27.0 Å². The summed E-state index contributed by atoms with van der Waals surface area (Å²) in [4.78, 5) is 2.09. The quantitative estimate of drug-likeness (QED) is 0.797. The second kappa shape index (κ2) is 8.14. The standard InChI is InChI=1S/C19H20F4N2O2/c1-26-15-6-7-17(20)16(12-15)18(25-10-8-24-9-11-25)13-2-4-14(5-3-13)27-19(21,22)23/h2-7,12,18,24H,8-11H2,1H3/t18-/m1/s1. The molecule has 8 heteroatoms. The first-order valence-electron chi connectivity index (χ1n) is 8.51. The van der Waals surface area contributed by atoms with Gasteiger partial charge in [-0.3, -0.25) is 4.90 Å². The minimum absolute atomic E-state index is 0.309. The molecule has 1 saturated heterocycles. The number of methoxy groups -OCH3 is 1. The van der Waals surface area contributed by atoms with Gasteiger partial charge in [-0.25, -0.2) is 4.39 Å². The van der Waals surface area contributed by atoms with Gasteiger partial charge in [-0.05, 0) is 35.9 Å². The number of halogens is 4. The van der Waals surface area contributed by atoms with Crippen LogP contribution in [0.2, 0.25) is 0 Å². The van der Waals surface area contributed by atoms with Crippen LogP contribution in [-0.4, -0.2) is 44.6 Å². The highest BCUT2D eigenvalue weighted by Crippen LogP contribution is 2.34. The molecule has 1 fully saturated rings. The number of nitrogens with zero attached hydrogens (tertiary/aromatic N) is 1. The molecule has 0 aliphatic carbocycles. The maximum Gasteiger partial charge on any atom is 0.573 e. The fourth-order valence-electron chi connectivity index (χ4n) is 3.24. The molecule has 1 N–H and O–H groups in total. The summed E-state index contributed by atoms with van der Waals surface area (Å²) in [7, 11) is 1.50. The smallest absolute Gasteiger partial charge is 0.497 e. The zero-order chi connectivity index (χ0) is 19.4. The first kappa shape index (κ1) is 19.4. The van der Waals surface area contributed by atoms with E-state index in [9.17, 15) is 17.6 Å². The molecular formula is C19H20F4N2O2. The lowest BCUT2D eigenvalue weighted by Gasteiger charge is -2.35. The number of hydrogen-bond acceptors (Lipinski definition) is 4. The average Bonchev–Trinajstić information content (AvgIpc) is 2.64. The van der Waals surface area contributed by atoms with Crippen molar-refractivity contribution in [3.05, 3.63) is 59.4 Å². The van der Waals surface area contributed by atoms with Crippen molar-refractivity contribution >= 4 is 0 Å². The monoisotopic (exact) mass is 384 g/mol. The van der Waals surface area contributed by atoms with Crippen molar-refractivity contribution in [2.45, 2.75) is 12.4 Å². The largest absolute Gasteiger partial charge is 0.573 e. The Kier molecular flexibility index (Phi) is 5.86. The van der Waals surface area contributed by atoms with Gasteiger partial charge in [0.25, 0.3) is 0 Å². The predicted molar refractivity (Wildman–Crippen MR) is 92.4 cm³/mol. The maximum absolute atomic E-state index is 14.6. The molecule has 27 heavy (non-hydrogen) atoms. The molecule has 0 unspecified atom stereocenters. The Labute approximate surface area is 154 Å². The highest BCUT2D eigenvalue weighted by atomic mass is 19.4. The second-order valence-corrected chi connectivity index (χ2v) is 6.19. The third-order valence-corrected chi connectivity index (χ3v) is 4.44. The van der Waals surface area contributed by atoms with Crippen molar-refractivity contribution in [1.82, 2.24) is 10.2 Å². The van der Waals surface area contributed by atoms with Crippen LogP contribution in [0.15, 0.2) is 42.5 Å². The first-order chi connectivity index (χ1) is 12.9. The summed E-state index contributed by atoms with van der Waals surface area (Å²) < 4.78 is 60.9. The van der Waals surface area contributed by atoms with Gasteiger partial charge in [-0.1, -0.05) is 12.1 Å². The molecule has 2 aromatic carbocycles. The Morgan fingerprint density at radius 1 is 1.00 bits per heavy atom. The van der Waals surface area contributed by atoms with Crippen LogP contribution in [0.3, 0.4) is 0 Å². The van der Waals surface area contributed by atoms with E-state index in [2.05, 4.69) is 15.0 Å². The van der Waals surface area contributed by atoms with Crippen LogP contribution in [-0.2, 0) is 0 Å². The molecule has 146 valence electrons. The Hall–Kier alpha value is -2.32. The van der Waals surface area contributed by atoms with Crippen molar-refractivity contribution in [2.24, 2.45) is 0 Å². The summed E-state index contributed by atoms with van der Waals surface area (Å²) >= 11 is 0. The minimum Gasteiger partial charge on any atom is -0.497 e. The fraction of sp³-hybridized carbons (Fsp3) is 0.368. The number of ether oxygens (including phenoxy) is 2. The Morgan fingerprint density at radius 2 is 1.63 bits per heavy atom. The van der Waals surface area contributed by atoms with E-state index >= 15 is 0 Å². The molecule has 0 bridgehead atoms. The fourth-order valence-corrected chi connectivity index (χ4v) is 3.24. The van der Waals surface area contributed by atoms with Gasteiger partial charge in [0.2, 0.25) is 0 Å². The summed E-state index contributed by atoms with van der Waals surface area (Å²) in [5.41, 5.74) is 1.10. The maximum atomic E-state index is 14.6. The highest BCUT2D eigenvalue weighted by Gasteiger charge is 2.31. The first-order valence-corrected chi connectivity index (χ1v) is 8.51. The van der Waals surface area contributed by atoms with Gasteiger partial charge in [0, 0.05) is 31.7 Å². The van der Waals surface area contributed by atoms with Crippen LogP contribution >= 0.6 is 0 Å². The van der Waals surface area contributed by atoms with E-state index in [0.717, 1.165) is 13.1 Å². The van der Waals surface area contributed by atoms with Crippen LogP contribution in [0.25, 0.3) is 0 Å². The molecule has 0 saturated carbocycles. The van der Waals surface area contributed by atoms with Crippen molar-refractivity contribution in [3.8, 4) is 11.5 Å². The van der Waals surface area contributed by atoms with Crippen LogP contribution in [0.4, 0.5) is 17.6 Å². The molecule has 0 spiro atoms. The zero-order valence-electron chi connectivity index (χ0n) is 14.7. The highest BCUT2D eigenvalue weighted by molar-refractivity contribution is 5.40. The van der Waals surface area contributed by atoms with Gasteiger partial charge in [0.1, 0.15) is 17.3 Å². The molecular weight excluding hydrogens is 364 g/mol. The Bertz CT molecular complexity index is 759. The van der Waals surface area contributed by atoms with E-state index in [0.29, 0.717) is 30.0 Å². The molecule has 0 aromatic heterocycles. The molecule has 4 nitrogen and oxygen atoms in total. The lowest BCUT2D eigenvalue weighted by Crippen LogP contribution is -2.45. The summed E-state index contributed by atoms with van der Waals surface area (Å²) in [6.07, 6.45) is -4.75. The third-order valence-electron chi connectivity index (χ3n) is 4.44. The normalized spacial score (nSPS) is 16.8. The second-order valence-electron chi connectivity index (χ2n) is 6.19. The van der Waals surface area contributed by atoms with E-state index in [1.165, 1.54) is 43.5 Å². The number of nitrogens with one attached hydrogen (secondary N) is 1. The van der Waals surface area contributed by atoms with E-state index < -0.39 is 18.2 Å². The summed E-state index contributed by atoms with van der Waals surface area (Å²) in [6, 6.07) is 9.62. The van der Waals surface area contributed by atoms with Gasteiger partial charge in [0.15, 0.2) is 0 Å². The Balaban J connectivity index is 1.97. The van der Waals surface area contributed by atoms with Crippen molar-refractivity contribution in [3.63, 3.8) is 0 Å². The van der Waals surface area contributed by atoms with E-state index in [-0.39, 0.29) is 5.75 Å². The summed E-state index contributed by atoms with van der Waals surface area (Å²) in [5.74, 6) is -0.185. The van der Waals surface area contributed by atoms with E-state index in [4.69, 9.17) is 4.74 Å². The minimum atomic E-state index is -4.75. The number of rotatable bonds is 5. The number of piperazine rings is 1. The molecule has 0 amide bonds. The third kappa shape index (κ3) is 4.90.